The fourth-order valence-corrected chi connectivity index (χ4v) is 0.833. The van der Waals surface area contributed by atoms with E-state index in [0.29, 0.717) is 13.0 Å². The van der Waals surface area contributed by atoms with Gasteiger partial charge in [-0.15, -0.1) is 17.5 Å². The summed E-state index contributed by atoms with van der Waals surface area (Å²) < 4.78 is 1.59. The fraction of sp³-hybridized carbons (Fsp3) is 0.667. The van der Waals surface area contributed by atoms with Crippen LogP contribution in [0.2, 0.25) is 0 Å². The van der Waals surface area contributed by atoms with E-state index in [-0.39, 0.29) is 18.8 Å². The highest BCUT2D eigenvalue weighted by molar-refractivity contribution is 5.85. The number of nitrogens with zero attached hydrogens (tertiary/aromatic N) is 4. The first-order valence-corrected chi connectivity index (χ1v) is 3.71. The van der Waals surface area contributed by atoms with Gasteiger partial charge in [-0.25, -0.2) is 4.68 Å². The third-order valence-corrected chi connectivity index (χ3v) is 1.42. The predicted octanol–water partition coefficient (Wildman–Crippen LogP) is 0.350. The summed E-state index contributed by atoms with van der Waals surface area (Å²) in [6.45, 7) is 0.681. The normalized spacial score (nSPS) is 9.23. The molecule has 1 N–H and O–H groups in total. The maximum Gasteiger partial charge on any atom is 0.303 e. The van der Waals surface area contributed by atoms with Gasteiger partial charge in [-0.05, 0) is 23.3 Å². The third kappa shape index (κ3) is 5.13. The third-order valence-electron chi connectivity index (χ3n) is 1.42. The molecule has 0 radical (unpaired) electrons. The molecule has 1 heterocycles. The smallest absolute Gasteiger partial charge is 0.303 e. The molecule has 0 aliphatic carbocycles. The van der Waals surface area contributed by atoms with Gasteiger partial charge in [0, 0.05) is 13.0 Å². The maximum absolute atomic E-state index is 10.1. The second-order valence-corrected chi connectivity index (χ2v) is 2.42. The van der Waals surface area contributed by atoms with Gasteiger partial charge in [0.25, 0.3) is 0 Å². The number of aromatic nitrogens is 4. The van der Waals surface area contributed by atoms with Crippen LogP contribution in [-0.2, 0) is 11.3 Å². The Hall–Kier alpha value is -1.17. The van der Waals surface area contributed by atoms with Crippen molar-refractivity contribution in [2.75, 3.05) is 0 Å². The first kappa shape index (κ1) is 11.8. The van der Waals surface area contributed by atoms with E-state index in [4.69, 9.17) is 5.11 Å². The average molecular weight is 207 g/mol. The Morgan fingerprint density at radius 3 is 2.77 bits per heavy atom. The molecule has 13 heavy (non-hydrogen) atoms. The molecule has 0 fully saturated rings. The SMILES string of the molecule is Cl.O=C(O)CCCCn1cnnn1. The number of carboxylic acids is 1. The molecule has 74 valence electrons. The molecule has 1 aromatic heterocycles. The van der Waals surface area contributed by atoms with Gasteiger partial charge in [-0.2, -0.15) is 0 Å². The van der Waals surface area contributed by atoms with Gasteiger partial charge in [0.05, 0.1) is 0 Å². The van der Waals surface area contributed by atoms with Crippen LogP contribution in [0.3, 0.4) is 0 Å². The topological polar surface area (TPSA) is 80.9 Å². The molecule has 0 spiro atoms. The molecule has 0 amide bonds. The van der Waals surface area contributed by atoms with E-state index in [9.17, 15) is 4.79 Å². The quantitative estimate of drug-likeness (QED) is 0.703. The van der Waals surface area contributed by atoms with Gasteiger partial charge < -0.3 is 5.11 Å². The van der Waals surface area contributed by atoms with Crippen molar-refractivity contribution in [2.45, 2.75) is 25.8 Å². The Morgan fingerprint density at radius 2 is 2.23 bits per heavy atom. The zero-order valence-electron chi connectivity index (χ0n) is 6.96. The zero-order chi connectivity index (χ0) is 8.81. The highest BCUT2D eigenvalue weighted by atomic mass is 35.5. The van der Waals surface area contributed by atoms with Crippen LogP contribution in [0.25, 0.3) is 0 Å². The number of aliphatic carboxylic acids is 1. The van der Waals surface area contributed by atoms with Gasteiger partial charge in [-0.1, -0.05) is 0 Å². The van der Waals surface area contributed by atoms with E-state index in [0.717, 1.165) is 6.42 Å². The molecule has 0 bridgehead atoms. The molecule has 0 aromatic carbocycles. The van der Waals surface area contributed by atoms with Crippen molar-refractivity contribution in [1.82, 2.24) is 20.2 Å². The van der Waals surface area contributed by atoms with E-state index in [1.165, 1.54) is 6.33 Å². The lowest BCUT2D eigenvalue weighted by atomic mass is 10.2. The molecule has 7 heteroatoms. The van der Waals surface area contributed by atoms with Gasteiger partial charge in [0.15, 0.2) is 0 Å². The van der Waals surface area contributed by atoms with Gasteiger partial charge >= 0.3 is 5.97 Å². The van der Waals surface area contributed by atoms with Crippen molar-refractivity contribution < 1.29 is 9.90 Å². The van der Waals surface area contributed by atoms with Crippen molar-refractivity contribution in [1.29, 1.82) is 0 Å². The number of halogens is 1. The Balaban J connectivity index is 0.00000144. The first-order chi connectivity index (χ1) is 5.79. The molecule has 6 nitrogen and oxygen atoms in total. The van der Waals surface area contributed by atoms with Crippen molar-refractivity contribution in [2.24, 2.45) is 0 Å². The lowest BCUT2D eigenvalue weighted by molar-refractivity contribution is -0.137. The van der Waals surface area contributed by atoms with Crippen LogP contribution in [0.1, 0.15) is 19.3 Å². The average Bonchev–Trinajstić information content (AvgIpc) is 2.49. The van der Waals surface area contributed by atoms with Crippen LogP contribution >= 0.6 is 12.4 Å². The Kier molecular flexibility index (Phi) is 5.79. The molecule has 0 unspecified atom stereocenters. The van der Waals surface area contributed by atoms with E-state index in [1.54, 1.807) is 4.68 Å². The van der Waals surface area contributed by atoms with E-state index in [1.807, 2.05) is 0 Å². The minimum absolute atomic E-state index is 0. The summed E-state index contributed by atoms with van der Waals surface area (Å²) in [5.41, 5.74) is 0. The summed E-state index contributed by atoms with van der Waals surface area (Å²) in [6.07, 6.45) is 3.18. The minimum atomic E-state index is -0.758. The van der Waals surface area contributed by atoms with Crippen LogP contribution in [0.15, 0.2) is 6.33 Å². The molecule has 0 saturated carbocycles. The van der Waals surface area contributed by atoms with Crippen LogP contribution in [0, 0.1) is 0 Å². The van der Waals surface area contributed by atoms with Crippen LogP contribution < -0.4 is 0 Å². The number of rotatable bonds is 5. The predicted molar refractivity (Wildman–Crippen MR) is 46.6 cm³/mol. The minimum Gasteiger partial charge on any atom is -0.481 e. The second kappa shape index (κ2) is 6.36. The van der Waals surface area contributed by atoms with Crippen molar-refractivity contribution in [3.05, 3.63) is 6.33 Å². The van der Waals surface area contributed by atoms with Crippen molar-refractivity contribution in [3.63, 3.8) is 0 Å². The van der Waals surface area contributed by atoms with E-state index < -0.39 is 5.97 Å². The summed E-state index contributed by atoms with van der Waals surface area (Å²) in [6, 6.07) is 0. The molecule has 1 rings (SSSR count). The van der Waals surface area contributed by atoms with E-state index >= 15 is 0 Å². The van der Waals surface area contributed by atoms with E-state index in [2.05, 4.69) is 15.5 Å². The van der Waals surface area contributed by atoms with Crippen molar-refractivity contribution >= 4 is 18.4 Å². The Morgan fingerprint density at radius 1 is 1.46 bits per heavy atom. The molecule has 0 aliphatic rings. The highest BCUT2D eigenvalue weighted by Crippen LogP contribution is 1.96. The monoisotopic (exact) mass is 206 g/mol. The summed E-state index contributed by atoms with van der Waals surface area (Å²) in [4.78, 5) is 10.1. The van der Waals surface area contributed by atoms with Gasteiger partial charge in [0.2, 0.25) is 0 Å². The molecule has 0 saturated heterocycles. The Labute approximate surface area is 81.3 Å². The van der Waals surface area contributed by atoms with Gasteiger partial charge in [-0.3, -0.25) is 4.79 Å². The molecular formula is C6H11ClN4O2. The summed E-state index contributed by atoms with van der Waals surface area (Å²) in [5.74, 6) is -0.758. The maximum atomic E-state index is 10.1. The number of unbranched alkanes of at least 4 members (excludes halogenated alkanes) is 1. The second-order valence-electron chi connectivity index (χ2n) is 2.42. The molecule has 0 aliphatic heterocycles. The fourth-order valence-electron chi connectivity index (χ4n) is 0.833. The molecule has 0 atom stereocenters. The Bertz CT molecular complexity index is 239. The summed E-state index contributed by atoms with van der Waals surface area (Å²) in [5, 5.41) is 18.9. The number of carbonyl (C=O) groups is 1. The number of carboxylic acid groups (broad SMARTS) is 1. The summed E-state index contributed by atoms with van der Waals surface area (Å²) >= 11 is 0. The lowest BCUT2D eigenvalue weighted by Crippen LogP contribution is -2.00. The zero-order valence-corrected chi connectivity index (χ0v) is 7.77. The standard InChI is InChI=1S/C6H10N4O2.ClH/c11-6(12)3-1-2-4-10-5-7-8-9-10;/h5H,1-4H2,(H,11,12);1H. The van der Waals surface area contributed by atoms with Crippen LogP contribution in [0.5, 0.6) is 0 Å². The number of aryl methyl sites for hydroxylation is 1. The number of tetrazole rings is 1. The lowest BCUT2D eigenvalue weighted by Gasteiger charge is -1.96. The highest BCUT2D eigenvalue weighted by Gasteiger charge is 1.97. The van der Waals surface area contributed by atoms with Gasteiger partial charge in [0.1, 0.15) is 6.33 Å². The molecule has 1 aromatic rings. The number of hydrogen-bond donors (Lipinski definition) is 1. The van der Waals surface area contributed by atoms with Crippen molar-refractivity contribution in [3.8, 4) is 0 Å². The first-order valence-electron chi connectivity index (χ1n) is 3.71. The largest absolute Gasteiger partial charge is 0.481 e. The molecular weight excluding hydrogens is 196 g/mol. The number of hydrogen-bond acceptors (Lipinski definition) is 4. The van der Waals surface area contributed by atoms with Crippen LogP contribution in [0.4, 0.5) is 0 Å². The van der Waals surface area contributed by atoms with Crippen LogP contribution in [-0.4, -0.2) is 31.3 Å². The summed E-state index contributed by atoms with van der Waals surface area (Å²) in [7, 11) is 0.